The molecule has 0 fully saturated rings. The van der Waals surface area contributed by atoms with Crippen LogP contribution in [0.3, 0.4) is 0 Å². The first kappa shape index (κ1) is 17.4. The molecule has 0 saturated carbocycles. The third kappa shape index (κ3) is 3.12. The van der Waals surface area contributed by atoms with E-state index in [0.29, 0.717) is 28.2 Å². The summed E-state index contributed by atoms with van der Waals surface area (Å²) in [5.74, 6) is 0. The molecule has 0 aliphatic carbocycles. The molecule has 1 aromatic carbocycles. The van der Waals surface area contributed by atoms with Crippen LogP contribution in [0, 0.1) is 6.92 Å². The van der Waals surface area contributed by atoms with Gasteiger partial charge in [0.15, 0.2) is 5.06 Å². The molecule has 0 saturated heterocycles. The minimum absolute atomic E-state index is 0.0173. The summed E-state index contributed by atoms with van der Waals surface area (Å²) in [5.41, 5.74) is 1.07. The summed E-state index contributed by atoms with van der Waals surface area (Å²) in [6.45, 7) is 1.98. The molecule has 2 heterocycles. The van der Waals surface area contributed by atoms with Crippen molar-refractivity contribution in [1.82, 2.24) is 9.13 Å². The summed E-state index contributed by atoms with van der Waals surface area (Å²) in [5, 5.41) is 10.3. The van der Waals surface area contributed by atoms with Crippen LogP contribution in [0.2, 0.25) is 0 Å². The zero-order valence-corrected chi connectivity index (χ0v) is 15.0. The minimum atomic E-state index is -0.397. The number of methoxy groups -OCH3 is 1. The predicted octanol–water partition coefficient (Wildman–Crippen LogP) is 1.78. The summed E-state index contributed by atoms with van der Waals surface area (Å²) < 4.78 is 8.06. The molecular weight excluding hydrogens is 340 g/mol. The number of aromatic nitrogens is 2. The van der Waals surface area contributed by atoms with Gasteiger partial charge >= 0.3 is 5.69 Å². The molecule has 6 nitrogen and oxygen atoms in total. The molecule has 0 bridgehead atoms. The fraction of sp³-hybridized carbons (Fsp3) is 0.333. The van der Waals surface area contributed by atoms with Crippen molar-refractivity contribution >= 4 is 21.6 Å². The first-order valence-corrected chi connectivity index (χ1v) is 8.85. The van der Waals surface area contributed by atoms with Crippen molar-refractivity contribution in [2.24, 2.45) is 0 Å². The Kier molecular flexibility index (Phi) is 5.06. The van der Waals surface area contributed by atoms with Gasteiger partial charge in [-0.1, -0.05) is 41.7 Å². The summed E-state index contributed by atoms with van der Waals surface area (Å²) in [4.78, 5) is 26.1. The molecule has 2 aromatic heterocycles. The summed E-state index contributed by atoms with van der Waals surface area (Å²) >= 11 is 1.31. The van der Waals surface area contributed by atoms with E-state index < -0.39 is 5.69 Å². The van der Waals surface area contributed by atoms with Gasteiger partial charge in [-0.15, -0.1) is 0 Å². The lowest BCUT2D eigenvalue weighted by Crippen LogP contribution is -2.40. The highest BCUT2D eigenvalue weighted by atomic mass is 32.1. The normalized spacial score (nSPS) is 11.2. The maximum atomic E-state index is 12.8. The number of hydrogen-bond donors (Lipinski definition) is 1. The lowest BCUT2D eigenvalue weighted by molar-refractivity contribution is 0.270. The number of ether oxygens (including phenoxy) is 1. The van der Waals surface area contributed by atoms with Crippen LogP contribution in [0.5, 0.6) is 5.06 Å². The molecule has 3 aromatic rings. The van der Waals surface area contributed by atoms with Crippen molar-refractivity contribution in [3.63, 3.8) is 0 Å². The van der Waals surface area contributed by atoms with Crippen molar-refractivity contribution in [1.29, 1.82) is 0 Å². The van der Waals surface area contributed by atoms with Crippen LogP contribution in [0.1, 0.15) is 11.1 Å². The first-order chi connectivity index (χ1) is 12.1. The molecule has 0 atom stereocenters. The van der Waals surface area contributed by atoms with E-state index in [9.17, 15) is 14.7 Å². The number of nitrogens with zero attached hydrogens (tertiary/aromatic N) is 2. The molecule has 132 valence electrons. The van der Waals surface area contributed by atoms with Gasteiger partial charge in [0.05, 0.1) is 25.6 Å². The fourth-order valence-electron chi connectivity index (χ4n) is 2.95. The lowest BCUT2D eigenvalue weighted by atomic mass is 10.1. The number of aliphatic hydroxyl groups is 1. The van der Waals surface area contributed by atoms with E-state index in [-0.39, 0.29) is 18.7 Å². The Morgan fingerprint density at radius 3 is 2.48 bits per heavy atom. The third-order valence-electron chi connectivity index (χ3n) is 4.23. The second-order valence-electron chi connectivity index (χ2n) is 5.75. The maximum absolute atomic E-state index is 12.8. The molecule has 0 amide bonds. The lowest BCUT2D eigenvalue weighted by Gasteiger charge is -2.11. The molecule has 25 heavy (non-hydrogen) atoms. The van der Waals surface area contributed by atoms with Gasteiger partial charge in [0.25, 0.3) is 5.56 Å². The highest BCUT2D eigenvalue weighted by Crippen LogP contribution is 2.34. The molecule has 0 spiro atoms. The molecule has 7 heteroatoms. The Morgan fingerprint density at radius 1 is 1.12 bits per heavy atom. The highest BCUT2D eigenvalue weighted by Gasteiger charge is 2.20. The van der Waals surface area contributed by atoms with Gasteiger partial charge < -0.3 is 9.84 Å². The Morgan fingerprint density at radius 2 is 1.84 bits per heavy atom. The summed E-state index contributed by atoms with van der Waals surface area (Å²) in [6.07, 6.45) is 0.673. The van der Waals surface area contributed by atoms with Crippen LogP contribution >= 0.6 is 11.3 Å². The number of hydrogen-bond acceptors (Lipinski definition) is 5. The molecule has 0 aliphatic rings. The van der Waals surface area contributed by atoms with Gasteiger partial charge in [-0.2, -0.15) is 0 Å². The van der Waals surface area contributed by atoms with Crippen LogP contribution in [-0.4, -0.2) is 28.0 Å². The van der Waals surface area contributed by atoms with E-state index >= 15 is 0 Å². The average molecular weight is 360 g/mol. The van der Waals surface area contributed by atoms with Gasteiger partial charge in [0.2, 0.25) is 0 Å². The van der Waals surface area contributed by atoms with E-state index in [4.69, 9.17) is 4.74 Å². The average Bonchev–Trinajstić information content (AvgIpc) is 2.96. The van der Waals surface area contributed by atoms with Crippen LogP contribution in [0.4, 0.5) is 0 Å². The van der Waals surface area contributed by atoms with Crippen molar-refractivity contribution in [3.05, 3.63) is 62.3 Å². The van der Waals surface area contributed by atoms with E-state index in [1.807, 2.05) is 37.3 Å². The number of fused-ring (bicyclic) bond motifs is 1. The van der Waals surface area contributed by atoms with Crippen LogP contribution < -0.4 is 16.0 Å². The van der Waals surface area contributed by atoms with E-state index in [1.54, 1.807) is 11.7 Å². The third-order valence-corrected chi connectivity index (χ3v) is 5.50. The molecule has 1 N–H and O–H groups in total. The van der Waals surface area contributed by atoms with Crippen molar-refractivity contribution in [2.75, 3.05) is 13.7 Å². The van der Waals surface area contributed by atoms with Gasteiger partial charge in [-0.25, -0.2) is 4.79 Å². The van der Waals surface area contributed by atoms with Crippen LogP contribution in [0.25, 0.3) is 10.2 Å². The zero-order chi connectivity index (χ0) is 18.0. The quantitative estimate of drug-likeness (QED) is 0.727. The monoisotopic (exact) mass is 360 g/mol. The van der Waals surface area contributed by atoms with Crippen LogP contribution in [-0.2, 0) is 19.5 Å². The summed E-state index contributed by atoms with van der Waals surface area (Å²) in [7, 11) is 1.55. The Bertz CT molecular complexity index is 1000. The van der Waals surface area contributed by atoms with Gasteiger partial charge in [-0.05, 0) is 18.9 Å². The number of benzene rings is 1. The molecular formula is C18H20N2O4S. The standard InChI is InChI=1S/C18H20N2O4S/c1-12-14-15(22)19(10-11-21)18(23)20(16(14)25-17(12)24-2)9-8-13-6-4-3-5-7-13/h3-7,21H,8-11H2,1-2H3. The fourth-order valence-corrected chi connectivity index (χ4v) is 4.09. The Labute approximate surface area is 148 Å². The first-order valence-electron chi connectivity index (χ1n) is 8.04. The van der Waals surface area contributed by atoms with Crippen molar-refractivity contribution in [2.45, 2.75) is 26.4 Å². The smallest absolute Gasteiger partial charge is 0.332 e. The zero-order valence-electron chi connectivity index (χ0n) is 14.2. The topological polar surface area (TPSA) is 73.5 Å². The van der Waals surface area contributed by atoms with Gasteiger partial charge in [0.1, 0.15) is 4.83 Å². The van der Waals surface area contributed by atoms with Gasteiger partial charge in [-0.3, -0.25) is 13.9 Å². The second-order valence-corrected chi connectivity index (χ2v) is 6.71. The van der Waals surface area contributed by atoms with E-state index in [0.717, 1.165) is 15.7 Å². The van der Waals surface area contributed by atoms with Crippen molar-refractivity contribution in [3.8, 4) is 5.06 Å². The van der Waals surface area contributed by atoms with Crippen molar-refractivity contribution < 1.29 is 9.84 Å². The number of rotatable bonds is 6. The molecule has 0 aliphatic heterocycles. The highest BCUT2D eigenvalue weighted by molar-refractivity contribution is 7.20. The van der Waals surface area contributed by atoms with E-state index in [1.165, 1.54) is 11.3 Å². The number of thiophene rings is 1. The number of aryl methyl sites for hydroxylation is 3. The second kappa shape index (κ2) is 7.25. The Hall–Kier alpha value is -2.38. The Balaban J connectivity index is 2.18. The van der Waals surface area contributed by atoms with Crippen LogP contribution in [0.15, 0.2) is 39.9 Å². The minimum Gasteiger partial charge on any atom is -0.487 e. The summed E-state index contributed by atoms with van der Waals surface area (Å²) in [6, 6.07) is 9.87. The van der Waals surface area contributed by atoms with E-state index in [2.05, 4.69) is 0 Å². The maximum Gasteiger partial charge on any atom is 0.332 e. The number of aliphatic hydroxyl groups excluding tert-OH is 1. The largest absolute Gasteiger partial charge is 0.487 e. The van der Waals surface area contributed by atoms with Gasteiger partial charge in [0, 0.05) is 12.1 Å². The molecule has 0 radical (unpaired) electrons. The molecule has 3 rings (SSSR count). The predicted molar refractivity (Wildman–Crippen MR) is 98.9 cm³/mol. The SMILES string of the molecule is COc1sc2c(c1C)c(=O)n(CCO)c(=O)n2CCc1ccccc1. The molecule has 0 unspecified atom stereocenters.